The maximum atomic E-state index is 9.39. The molecule has 3 heteroatoms. The van der Waals surface area contributed by atoms with Crippen molar-refractivity contribution in [3.8, 4) is 0 Å². The maximum absolute atomic E-state index is 9.39. The minimum absolute atomic E-state index is 0.272. The molecule has 118 valence electrons. The highest BCUT2D eigenvalue weighted by atomic mass is 16.3. The van der Waals surface area contributed by atoms with Crippen molar-refractivity contribution in [1.29, 1.82) is 0 Å². The maximum Gasteiger partial charge on any atom is 0.0446 e. The van der Waals surface area contributed by atoms with Gasteiger partial charge in [0.1, 0.15) is 0 Å². The molecular formula is C19H26N2O. The second-order valence-corrected chi connectivity index (χ2v) is 6.17. The van der Waals surface area contributed by atoms with Crippen molar-refractivity contribution in [3.05, 3.63) is 48.0 Å². The lowest BCUT2D eigenvalue weighted by atomic mass is 10.0. The summed E-state index contributed by atoms with van der Waals surface area (Å²) in [5, 5.41) is 12.1. The number of fused-ring (bicyclic) bond motifs is 1. The Morgan fingerprint density at radius 2 is 1.91 bits per heavy atom. The van der Waals surface area contributed by atoms with Crippen LogP contribution in [0.5, 0.6) is 0 Å². The van der Waals surface area contributed by atoms with Gasteiger partial charge in [-0.3, -0.25) is 4.90 Å². The third kappa shape index (κ3) is 3.32. The summed E-state index contributed by atoms with van der Waals surface area (Å²) in [4.78, 5) is 5.03. The van der Waals surface area contributed by atoms with Crippen LogP contribution in [0.25, 0.3) is 10.8 Å². The molecule has 0 aromatic heterocycles. The van der Waals surface area contributed by atoms with Crippen LogP contribution >= 0.6 is 0 Å². The molecule has 1 atom stereocenters. The molecule has 0 saturated carbocycles. The summed E-state index contributed by atoms with van der Waals surface area (Å²) in [7, 11) is 0. The van der Waals surface area contributed by atoms with Crippen molar-refractivity contribution in [1.82, 2.24) is 9.80 Å². The molecule has 1 aliphatic rings. The van der Waals surface area contributed by atoms with E-state index in [1.807, 2.05) is 0 Å². The molecule has 1 fully saturated rings. The first-order chi connectivity index (χ1) is 10.8. The van der Waals surface area contributed by atoms with Gasteiger partial charge in [0.2, 0.25) is 0 Å². The molecule has 1 heterocycles. The van der Waals surface area contributed by atoms with Crippen LogP contribution in [0.1, 0.15) is 18.9 Å². The largest absolute Gasteiger partial charge is 0.396 e. The number of rotatable bonds is 5. The van der Waals surface area contributed by atoms with E-state index in [1.54, 1.807) is 0 Å². The molecule has 1 aliphatic heterocycles. The number of aliphatic hydroxyl groups excluding tert-OH is 1. The SMILES string of the molecule is CCN1CCN(Cc2cccc3ccccc23)[C@@H](CCO)C1. The Balaban J connectivity index is 1.80. The zero-order valence-electron chi connectivity index (χ0n) is 13.4. The van der Waals surface area contributed by atoms with Gasteiger partial charge in [0, 0.05) is 38.8 Å². The van der Waals surface area contributed by atoms with Crippen LogP contribution in [-0.4, -0.2) is 53.7 Å². The summed E-state index contributed by atoms with van der Waals surface area (Å²) >= 11 is 0. The van der Waals surface area contributed by atoms with E-state index in [9.17, 15) is 5.11 Å². The Hall–Kier alpha value is -1.42. The summed E-state index contributed by atoms with van der Waals surface area (Å²) in [5.74, 6) is 0. The lowest BCUT2D eigenvalue weighted by Gasteiger charge is -2.41. The van der Waals surface area contributed by atoms with Crippen LogP contribution in [0, 0.1) is 0 Å². The molecule has 0 unspecified atom stereocenters. The van der Waals surface area contributed by atoms with E-state index in [0.29, 0.717) is 6.04 Å². The van der Waals surface area contributed by atoms with Crippen LogP contribution in [-0.2, 0) is 6.54 Å². The van der Waals surface area contributed by atoms with Gasteiger partial charge >= 0.3 is 0 Å². The normalized spacial score (nSPS) is 20.5. The van der Waals surface area contributed by atoms with E-state index in [0.717, 1.165) is 39.1 Å². The molecule has 2 aromatic carbocycles. The van der Waals surface area contributed by atoms with Crippen molar-refractivity contribution < 1.29 is 5.11 Å². The van der Waals surface area contributed by atoms with Gasteiger partial charge < -0.3 is 10.0 Å². The van der Waals surface area contributed by atoms with Gasteiger partial charge in [0.25, 0.3) is 0 Å². The van der Waals surface area contributed by atoms with E-state index in [4.69, 9.17) is 0 Å². The van der Waals surface area contributed by atoms with Crippen LogP contribution in [0.4, 0.5) is 0 Å². The number of aliphatic hydroxyl groups is 1. The van der Waals surface area contributed by atoms with Crippen LogP contribution in [0.3, 0.4) is 0 Å². The lowest BCUT2D eigenvalue weighted by molar-refractivity contribution is 0.0568. The minimum Gasteiger partial charge on any atom is -0.396 e. The monoisotopic (exact) mass is 298 g/mol. The highest BCUT2D eigenvalue weighted by Gasteiger charge is 2.26. The molecule has 0 bridgehead atoms. The van der Waals surface area contributed by atoms with Gasteiger partial charge in [-0.1, -0.05) is 49.4 Å². The summed E-state index contributed by atoms with van der Waals surface area (Å²) < 4.78 is 0. The Morgan fingerprint density at radius 1 is 1.09 bits per heavy atom. The first-order valence-corrected chi connectivity index (χ1v) is 8.35. The quantitative estimate of drug-likeness (QED) is 0.919. The molecule has 0 radical (unpaired) electrons. The molecule has 2 aromatic rings. The van der Waals surface area contributed by atoms with Crippen molar-refractivity contribution in [2.45, 2.75) is 25.9 Å². The number of hydrogen-bond donors (Lipinski definition) is 1. The molecule has 1 N–H and O–H groups in total. The summed E-state index contributed by atoms with van der Waals surface area (Å²) in [6, 6.07) is 15.6. The number of likely N-dealkylation sites (N-methyl/N-ethyl adjacent to an activating group) is 1. The van der Waals surface area contributed by atoms with Gasteiger partial charge in [0.05, 0.1) is 0 Å². The Bertz CT molecular complexity index is 608. The Kier molecular flexibility index (Phi) is 5.08. The van der Waals surface area contributed by atoms with Gasteiger partial charge in [0.15, 0.2) is 0 Å². The van der Waals surface area contributed by atoms with E-state index in [-0.39, 0.29) is 6.61 Å². The third-order valence-electron chi connectivity index (χ3n) is 4.85. The third-order valence-corrected chi connectivity index (χ3v) is 4.85. The average Bonchev–Trinajstić information content (AvgIpc) is 2.57. The Morgan fingerprint density at radius 3 is 2.73 bits per heavy atom. The van der Waals surface area contributed by atoms with Crippen LogP contribution in [0.15, 0.2) is 42.5 Å². The fourth-order valence-corrected chi connectivity index (χ4v) is 3.52. The number of piperazine rings is 1. The van der Waals surface area contributed by atoms with Gasteiger partial charge in [-0.2, -0.15) is 0 Å². The van der Waals surface area contributed by atoms with Crippen LogP contribution in [0.2, 0.25) is 0 Å². The molecule has 0 spiro atoms. The first-order valence-electron chi connectivity index (χ1n) is 8.35. The minimum atomic E-state index is 0.272. The summed E-state index contributed by atoms with van der Waals surface area (Å²) in [5.41, 5.74) is 1.39. The van der Waals surface area contributed by atoms with E-state index < -0.39 is 0 Å². The van der Waals surface area contributed by atoms with Gasteiger partial charge in [-0.05, 0) is 29.3 Å². The van der Waals surface area contributed by atoms with Crippen molar-refractivity contribution in [3.63, 3.8) is 0 Å². The van der Waals surface area contributed by atoms with Crippen molar-refractivity contribution in [2.24, 2.45) is 0 Å². The number of hydrogen-bond acceptors (Lipinski definition) is 3. The Labute approximate surface area is 133 Å². The number of nitrogens with zero attached hydrogens (tertiary/aromatic N) is 2. The fourth-order valence-electron chi connectivity index (χ4n) is 3.52. The smallest absolute Gasteiger partial charge is 0.0446 e. The van der Waals surface area contributed by atoms with E-state index in [1.165, 1.54) is 16.3 Å². The lowest BCUT2D eigenvalue weighted by Crippen LogP contribution is -2.52. The zero-order valence-corrected chi connectivity index (χ0v) is 13.4. The van der Waals surface area contributed by atoms with E-state index >= 15 is 0 Å². The molecular weight excluding hydrogens is 272 g/mol. The van der Waals surface area contributed by atoms with Gasteiger partial charge in [-0.25, -0.2) is 0 Å². The molecule has 1 saturated heterocycles. The van der Waals surface area contributed by atoms with Crippen LogP contribution < -0.4 is 0 Å². The zero-order chi connectivity index (χ0) is 15.4. The fraction of sp³-hybridized carbons (Fsp3) is 0.474. The predicted octanol–water partition coefficient (Wildman–Crippen LogP) is 2.73. The summed E-state index contributed by atoms with van der Waals surface area (Å²) in [6.45, 7) is 7.85. The van der Waals surface area contributed by atoms with Crippen molar-refractivity contribution >= 4 is 10.8 Å². The van der Waals surface area contributed by atoms with Gasteiger partial charge in [-0.15, -0.1) is 0 Å². The molecule has 0 amide bonds. The molecule has 0 aliphatic carbocycles. The summed E-state index contributed by atoms with van der Waals surface area (Å²) in [6.07, 6.45) is 0.862. The first kappa shape index (κ1) is 15.5. The van der Waals surface area contributed by atoms with Crippen molar-refractivity contribution in [2.75, 3.05) is 32.8 Å². The molecule has 3 nitrogen and oxygen atoms in total. The highest BCUT2D eigenvalue weighted by Crippen LogP contribution is 2.22. The highest BCUT2D eigenvalue weighted by molar-refractivity contribution is 5.85. The second kappa shape index (κ2) is 7.23. The topological polar surface area (TPSA) is 26.7 Å². The molecule has 3 rings (SSSR count). The molecule has 22 heavy (non-hydrogen) atoms. The average molecular weight is 298 g/mol. The predicted molar refractivity (Wildman–Crippen MR) is 92.0 cm³/mol. The second-order valence-electron chi connectivity index (χ2n) is 6.17. The number of benzene rings is 2. The van der Waals surface area contributed by atoms with E-state index in [2.05, 4.69) is 59.2 Å². The standard InChI is InChI=1S/C19H26N2O/c1-2-20-11-12-21(18(15-20)10-13-22)14-17-8-5-7-16-6-3-4-9-19(16)17/h3-9,18,22H,2,10-15H2,1H3/t18-/m0/s1.